The third kappa shape index (κ3) is 10.3. The SMILES string of the molecule is CCCCCCCC(=O)C1([C@H](O)/C=C/[C@@H](C)[C@H]2CC[C@H]3/C(=C/C=C4C[C@@H](O[Si](C)(C)C(C)(C)C)C[C@H](O[Si](C)(C)C(C)(C)C)C4)CCC[C@]23C)CC1. The van der Waals surface area contributed by atoms with E-state index < -0.39 is 28.2 Å². The van der Waals surface area contributed by atoms with Gasteiger partial charge in [0.25, 0.3) is 0 Å². The van der Waals surface area contributed by atoms with Crippen LogP contribution in [0.4, 0.5) is 0 Å². The van der Waals surface area contributed by atoms with Crippen molar-refractivity contribution in [2.75, 3.05) is 0 Å². The Morgan fingerprint density at radius 2 is 1.44 bits per heavy atom. The number of unbranched alkanes of at least 4 members (excludes halogenated alkanes) is 4. The molecule has 6 heteroatoms. The number of rotatable bonds is 16. The first-order chi connectivity index (χ1) is 24.1. The van der Waals surface area contributed by atoms with Crippen molar-refractivity contribution < 1.29 is 18.8 Å². The monoisotopic (exact) mass is 755 g/mol. The zero-order valence-electron chi connectivity index (χ0n) is 36.3. The number of carbonyl (C=O) groups excluding carboxylic acids is 1. The lowest BCUT2D eigenvalue weighted by Gasteiger charge is -2.45. The fourth-order valence-corrected chi connectivity index (χ4v) is 12.3. The Morgan fingerprint density at radius 3 is 1.98 bits per heavy atom. The Morgan fingerprint density at radius 1 is 0.865 bits per heavy atom. The Kier molecular flexibility index (Phi) is 14.5. The maximum Gasteiger partial charge on any atom is 0.192 e. The molecule has 52 heavy (non-hydrogen) atoms. The normalized spacial score (nSPS) is 30.4. The molecule has 0 radical (unpaired) electrons. The molecule has 4 aliphatic rings. The summed E-state index contributed by atoms with van der Waals surface area (Å²) in [6.07, 6.45) is 26.5. The van der Waals surface area contributed by atoms with Crippen LogP contribution >= 0.6 is 0 Å². The number of carbonyl (C=O) groups is 1. The third-order valence-corrected chi connectivity index (χ3v) is 24.3. The fraction of sp³-hybridized carbons (Fsp3) is 0.848. The number of allylic oxidation sites excluding steroid dienone is 4. The zero-order chi connectivity index (χ0) is 38.8. The van der Waals surface area contributed by atoms with Crippen molar-refractivity contribution in [1.29, 1.82) is 0 Å². The molecule has 0 aromatic heterocycles. The van der Waals surface area contributed by atoms with Crippen LogP contribution in [0.1, 0.15) is 165 Å². The number of Topliss-reactive ketones (excluding diaryl/α,β-unsaturated/α-hetero) is 1. The second-order valence-electron chi connectivity index (χ2n) is 21.2. The maximum atomic E-state index is 13.2. The summed E-state index contributed by atoms with van der Waals surface area (Å²) in [4.78, 5) is 13.2. The van der Waals surface area contributed by atoms with E-state index in [1.54, 1.807) is 5.57 Å². The molecule has 0 bridgehead atoms. The van der Waals surface area contributed by atoms with Crippen LogP contribution in [0.3, 0.4) is 0 Å². The fourth-order valence-electron chi connectivity index (χ4n) is 9.61. The highest BCUT2D eigenvalue weighted by Crippen LogP contribution is 2.60. The van der Waals surface area contributed by atoms with E-state index >= 15 is 0 Å². The predicted molar refractivity (Wildman–Crippen MR) is 227 cm³/mol. The van der Waals surface area contributed by atoms with E-state index in [2.05, 4.69) is 107 Å². The standard InChI is InChI=1S/C46H82O4Si2/c1-14-15-16-17-18-21-41(47)46(29-30-46)42(48)27-22-34(2)39-25-26-40-36(20-19-28-45(39,40)9)24-23-35-31-37(49-51(10,11)43(3,4)5)33-38(32-35)50-52(12,13)44(6,7)8/h22-24,27,34,37-40,42,48H,14-21,25-26,28-33H2,1-13H3/b27-22+,36-24+/t34-,37-,38-,39-,40+,42-,45-/m1/s1. The number of hydrogen-bond acceptors (Lipinski definition) is 4. The smallest absolute Gasteiger partial charge is 0.192 e. The summed E-state index contributed by atoms with van der Waals surface area (Å²) in [6.45, 7) is 30.8. The van der Waals surface area contributed by atoms with Crippen LogP contribution in [0.2, 0.25) is 36.3 Å². The van der Waals surface area contributed by atoms with Crippen molar-refractivity contribution in [2.24, 2.45) is 28.6 Å². The molecule has 0 amide bonds. The molecule has 1 N–H and O–H groups in total. The van der Waals surface area contributed by atoms with Gasteiger partial charge in [0.05, 0.1) is 23.7 Å². The summed E-state index contributed by atoms with van der Waals surface area (Å²) in [6, 6.07) is 0. The molecule has 4 rings (SSSR count). The van der Waals surface area contributed by atoms with E-state index in [0.717, 1.165) is 44.9 Å². The van der Waals surface area contributed by atoms with Crippen molar-refractivity contribution in [3.05, 3.63) is 35.5 Å². The Balaban J connectivity index is 1.46. The van der Waals surface area contributed by atoms with Crippen LogP contribution in [0, 0.1) is 28.6 Å². The Labute approximate surface area is 323 Å². The van der Waals surface area contributed by atoms with Crippen LogP contribution in [0.25, 0.3) is 0 Å². The average molecular weight is 755 g/mol. The molecular formula is C46H82O4Si2. The lowest BCUT2D eigenvalue weighted by molar-refractivity contribution is -0.127. The van der Waals surface area contributed by atoms with Gasteiger partial charge < -0.3 is 14.0 Å². The average Bonchev–Trinajstić information content (AvgIpc) is 3.77. The molecule has 0 saturated heterocycles. The van der Waals surface area contributed by atoms with E-state index in [0.29, 0.717) is 30.0 Å². The maximum absolute atomic E-state index is 13.2. The van der Waals surface area contributed by atoms with Crippen molar-refractivity contribution in [2.45, 2.75) is 220 Å². The molecule has 0 aromatic carbocycles. The van der Waals surface area contributed by atoms with Gasteiger partial charge in [0.2, 0.25) is 0 Å². The number of fused-ring (bicyclic) bond motifs is 1. The van der Waals surface area contributed by atoms with Gasteiger partial charge in [-0.25, -0.2) is 0 Å². The van der Waals surface area contributed by atoms with Crippen molar-refractivity contribution in [1.82, 2.24) is 0 Å². The van der Waals surface area contributed by atoms with Crippen molar-refractivity contribution >= 4 is 22.4 Å². The van der Waals surface area contributed by atoms with E-state index in [9.17, 15) is 9.90 Å². The van der Waals surface area contributed by atoms with Gasteiger partial charge in [-0.3, -0.25) is 4.79 Å². The summed E-state index contributed by atoms with van der Waals surface area (Å²) in [5.74, 6) is 1.91. The first-order valence-electron chi connectivity index (χ1n) is 21.7. The molecule has 0 unspecified atom stereocenters. The van der Waals surface area contributed by atoms with Gasteiger partial charge in [-0.2, -0.15) is 0 Å². The van der Waals surface area contributed by atoms with Gasteiger partial charge in [0, 0.05) is 6.42 Å². The van der Waals surface area contributed by atoms with Gasteiger partial charge in [-0.1, -0.05) is 123 Å². The summed E-state index contributed by atoms with van der Waals surface area (Å²) < 4.78 is 14.2. The minimum Gasteiger partial charge on any atom is -0.414 e. The van der Waals surface area contributed by atoms with E-state index in [-0.39, 0.29) is 27.7 Å². The first-order valence-corrected chi connectivity index (χ1v) is 27.5. The minimum atomic E-state index is -1.91. The van der Waals surface area contributed by atoms with Gasteiger partial charge >= 0.3 is 0 Å². The highest BCUT2D eigenvalue weighted by molar-refractivity contribution is 6.74. The number of aliphatic hydroxyl groups is 1. The van der Waals surface area contributed by atoms with Crippen LogP contribution in [0.15, 0.2) is 35.5 Å². The number of hydrogen-bond donors (Lipinski definition) is 1. The van der Waals surface area contributed by atoms with E-state index in [4.69, 9.17) is 8.85 Å². The van der Waals surface area contributed by atoms with Crippen molar-refractivity contribution in [3.8, 4) is 0 Å². The summed E-state index contributed by atoms with van der Waals surface area (Å²) >= 11 is 0. The molecule has 4 aliphatic carbocycles. The first kappa shape index (κ1) is 43.9. The highest BCUT2D eigenvalue weighted by Gasteiger charge is 2.54. The zero-order valence-corrected chi connectivity index (χ0v) is 38.3. The van der Waals surface area contributed by atoms with Gasteiger partial charge in [0.1, 0.15) is 5.78 Å². The highest BCUT2D eigenvalue weighted by atomic mass is 28.4. The van der Waals surface area contributed by atoms with E-state index in [1.807, 2.05) is 6.08 Å². The van der Waals surface area contributed by atoms with Gasteiger partial charge in [0.15, 0.2) is 16.6 Å². The molecule has 7 atom stereocenters. The molecule has 4 saturated carbocycles. The van der Waals surface area contributed by atoms with Crippen molar-refractivity contribution in [3.63, 3.8) is 0 Å². The minimum absolute atomic E-state index is 0.187. The molecule has 4 nitrogen and oxygen atoms in total. The Hall–Kier alpha value is -0.796. The lowest BCUT2D eigenvalue weighted by atomic mass is 9.61. The lowest BCUT2D eigenvalue weighted by Crippen LogP contribution is -2.48. The summed E-state index contributed by atoms with van der Waals surface area (Å²) in [7, 11) is -3.82. The largest absolute Gasteiger partial charge is 0.414 e. The quantitative estimate of drug-likeness (QED) is 0.0968. The second-order valence-corrected chi connectivity index (χ2v) is 30.8. The molecular weight excluding hydrogens is 673 g/mol. The molecule has 0 aliphatic heterocycles. The molecule has 4 fully saturated rings. The van der Waals surface area contributed by atoms with Gasteiger partial charge in [-0.05, 0) is 130 Å². The molecule has 0 aromatic rings. The molecule has 0 heterocycles. The summed E-state index contributed by atoms with van der Waals surface area (Å²) in [5, 5.41) is 11.7. The van der Waals surface area contributed by atoms with Crippen LogP contribution < -0.4 is 0 Å². The van der Waals surface area contributed by atoms with Crippen LogP contribution in [-0.2, 0) is 13.6 Å². The second kappa shape index (κ2) is 17.1. The molecule has 0 spiro atoms. The topological polar surface area (TPSA) is 55.8 Å². The predicted octanol–water partition coefficient (Wildman–Crippen LogP) is 13.3. The number of ketones is 1. The van der Waals surface area contributed by atoms with Crippen LogP contribution in [0.5, 0.6) is 0 Å². The van der Waals surface area contributed by atoms with E-state index in [1.165, 1.54) is 56.9 Å². The van der Waals surface area contributed by atoms with Gasteiger partial charge in [-0.15, -0.1) is 0 Å². The molecule has 298 valence electrons. The summed E-state index contributed by atoms with van der Waals surface area (Å²) in [5.41, 5.74) is 2.93. The third-order valence-electron chi connectivity index (χ3n) is 15.3. The van der Waals surface area contributed by atoms with Crippen LogP contribution in [-0.4, -0.2) is 45.8 Å². The Bertz CT molecular complexity index is 1250. The number of aliphatic hydroxyl groups excluding tert-OH is 1.